The third kappa shape index (κ3) is 4.41. The molecule has 0 radical (unpaired) electrons. The van der Waals surface area contributed by atoms with Gasteiger partial charge in [0.05, 0.1) is 12.7 Å². The first-order valence-corrected chi connectivity index (χ1v) is 8.60. The van der Waals surface area contributed by atoms with Crippen LogP contribution in [0.15, 0.2) is 48.5 Å². The van der Waals surface area contributed by atoms with Crippen LogP contribution < -0.4 is 10.6 Å². The first-order valence-electron chi connectivity index (χ1n) is 8.60. The van der Waals surface area contributed by atoms with Gasteiger partial charge in [-0.1, -0.05) is 18.2 Å². The molecule has 1 heterocycles. The molecule has 0 saturated carbocycles. The molecule has 3 rings (SSSR count). The van der Waals surface area contributed by atoms with Gasteiger partial charge in [0.1, 0.15) is 5.82 Å². The highest BCUT2D eigenvalue weighted by atomic mass is 16.5. The van der Waals surface area contributed by atoms with Crippen molar-refractivity contribution < 1.29 is 9.53 Å². The van der Waals surface area contributed by atoms with Crippen molar-refractivity contribution in [2.24, 2.45) is 0 Å². The van der Waals surface area contributed by atoms with Crippen LogP contribution >= 0.6 is 0 Å². The molecule has 6 heteroatoms. The van der Waals surface area contributed by atoms with Crippen LogP contribution in [0.1, 0.15) is 27.2 Å². The van der Waals surface area contributed by atoms with Crippen LogP contribution in [0.25, 0.3) is 0 Å². The van der Waals surface area contributed by atoms with Gasteiger partial charge in [0.25, 0.3) is 0 Å². The Kier molecular flexibility index (Phi) is 5.35. The zero-order valence-corrected chi connectivity index (χ0v) is 15.8. The van der Waals surface area contributed by atoms with Gasteiger partial charge in [-0.2, -0.15) is 4.98 Å². The van der Waals surface area contributed by atoms with Crippen molar-refractivity contribution in [3.63, 3.8) is 0 Å². The van der Waals surface area contributed by atoms with Gasteiger partial charge in [-0.3, -0.25) is 0 Å². The number of methoxy groups -OCH3 is 1. The first kappa shape index (κ1) is 18.4. The maximum Gasteiger partial charge on any atom is 0.337 e. The number of ether oxygens (including phenoxy) is 1. The van der Waals surface area contributed by atoms with E-state index in [1.807, 2.05) is 31.2 Å². The molecule has 0 saturated heterocycles. The van der Waals surface area contributed by atoms with E-state index in [1.54, 1.807) is 18.2 Å². The van der Waals surface area contributed by atoms with E-state index in [-0.39, 0.29) is 5.97 Å². The first-order chi connectivity index (χ1) is 13.0. The summed E-state index contributed by atoms with van der Waals surface area (Å²) in [6, 6.07) is 15.0. The maximum atomic E-state index is 11.7. The highest BCUT2D eigenvalue weighted by molar-refractivity contribution is 5.90. The highest BCUT2D eigenvalue weighted by Gasteiger charge is 2.08. The standard InChI is InChI=1S/C21H22N4O2/c1-13-7-5-10-18(15(13)3)24-21-22-14(2)11-19(25-21)23-17-9-6-8-16(12-17)20(26)27-4/h5-12H,1-4H3,(H2,22,23,24,25). The maximum absolute atomic E-state index is 11.7. The van der Waals surface area contributed by atoms with Crippen LogP contribution in [0.3, 0.4) is 0 Å². The molecule has 0 fully saturated rings. The average Bonchev–Trinajstić information content (AvgIpc) is 2.64. The molecular formula is C21H22N4O2. The number of anilines is 4. The molecule has 0 spiro atoms. The van der Waals surface area contributed by atoms with Crippen molar-refractivity contribution in [1.82, 2.24) is 9.97 Å². The van der Waals surface area contributed by atoms with Crippen LogP contribution in [0.5, 0.6) is 0 Å². The van der Waals surface area contributed by atoms with Crippen molar-refractivity contribution in [2.75, 3.05) is 17.7 Å². The second-order valence-electron chi connectivity index (χ2n) is 6.29. The Labute approximate surface area is 158 Å². The van der Waals surface area contributed by atoms with Gasteiger partial charge < -0.3 is 15.4 Å². The smallest absolute Gasteiger partial charge is 0.337 e. The molecule has 1 aromatic heterocycles. The number of hydrogen-bond acceptors (Lipinski definition) is 6. The summed E-state index contributed by atoms with van der Waals surface area (Å²) in [5.41, 5.74) is 5.37. The van der Waals surface area contributed by atoms with Crippen molar-refractivity contribution in [3.8, 4) is 0 Å². The monoisotopic (exact) mass is 362 g/mol. The topological polar surface area (TPSA) is 76.1 Å². The molecule has 138 valence electrons. The Morgan fingerprint density at radius 1 is 0.963 bits per heavy atom. The Balaban J connectivity index is 1.85. The summed E-state index contributed by atoms with van der Waals surface area (Å²) in [5, 5.41) is 6.50. The number of hydrogen-bond donors (Lipinski definition) is 2. The summed E-state index contributed by atoms with van der Waals surface area (Å²) in [4.78, 5) is 20.7. The minimum atomic E-state index is -0.380. The van der Waals surface area contributed by atoms with E-state index in [0.29, 0.717) is 17.3 Å². The van der Waals surface area contributed by atoms with Crippen molar-refractivity contribution >= 4 is 29.1 Å². The fraction of sp³-hybridized carbons (Fsp3) is 0.190. The lowest BCUT2D eigenvalue weighted by molar-refractivity contribution is 0.0601. The summed E-state index contributed by atoms with van der Waals surface area (Å²) >= 11 is 0. The number of aryl methyl sites for hydroxylation is 2. The van der Waals surface area contributed by atoms with E-state index in [0.717, 1.165) is 22.6 Å². The zero-order chi connectivity index (χ0) is 19.4. The molecule has 0 amide bonds. The van der Waals surface area contributed by atoms with E-state index < -0.39 is 0 Å². The Bertz CT molecular complexity index is 986. The van der Waals surface area contributed by atoms with Crippen LogP contribution in [-0.2, 0) is 4.74 Å². The van der Waals surface area contributed by atoms with Gasteiger partial charge >= 0.3 is 5.97 Å². The van der Waals surface area contributed by atoms with Crippen LogP contribution in [0.2, 0.25) is 0 Å². The SMILES string of the molecule is COC(=O)c1cccc(Nc2cc(C)nc(Nc3cccc(C)c3C)n2)c1. The van der Waals surface area contributed by atoms with Crippen molar-refractivity contribution in [1.29, 1.82) is 0 Å². The minimum absolute atomic E-state index is 0.380. The second kappa shape index (κ2) is 7.86. The van der Waals surface area contributed by atoms with Gasteiger partial charge in [0.15, 0.2) is 0 Å². The highest BCUT2D eigenvalue weighted by Crippen LogP contribution is 2.23. The van der Waals surface area contributed by atoms with Crippen molar-refractivity contribution in [3.05, 3.63) is 70.9 Å². The van der Waals surface area contributed by atoms with E-state index in [9.17, 15) is 4.79 Å². The van der Waals surface area contributed by atoms with E-state index in [4.69, 9.17) is 4.74 Å². The molecule has 0 aliphatic rings. The lowest BCUT2D eigenvalue weighted by atomic mass is 10.1. The van der Waals surface area contributed by atoms with E-state index >= 15 is 0 Å². The van der Waals surface area contributed by atoms with E-state index in [2.05, 4.69) is 40.5 Å². The third-order valence-electron chi connectivity index (χ3n) is 4.26. The van der Waals surface area contributed by atoms with Gasteiger partial charge in [0, 0.05) is 23.1 Å². The number of rotatable bonds is 5. The van der Waals surface area contributed by atoms with Gasteiger partial charge in [0.2, 0.25) is 5.95 Å². The molecular weight excluding hydrogens is 340 g/mol. The number of aromatic nitrogens is 2. The van der Waals surface area contributed by atoms with Gasteiger partial charge in [-0.15, -0.1) is 0 Å². The third-order valence-corrected chi connectivity index (χ3v) is 4.26. The fourth-order valence-corrected chi connectivity index (χ4v) is 2.69. The summed E-state index contributed by atoms with van der Waals surface area (Å²) in [7, 11) is 1.36. The molecule has 0 atom stereocenters. The average molecular weight is 362 g/mol. The Morgan fingerprint density at radius 3 is 2.52 bits per heavy atom. The predicted molar refractivity (Wildman–Crippen MR) is 107 cm³/mol. The predicted octanol–water partition coefficient (Wildman–Crippen LogP) is 4.68. The lowest BCUT2D eigenvalue weighted by Crippen LogP contribution is -2.05. The van der Waals surface area contributed by atoms with Crippen LogP contribution in [-0.4, -0.2) is 23.0 Å². The number of carbonyl (C=O) groups excluding carboxylic acids is 1. The zero-order valence-electron chi connectivity index (χ0n) is 15.8. The minimum Gasteiger partial charge on any atom is -0.465 e. The largest absolute Gasteiger partial charge is 0.465 e. The number of esters is 1. The fourth-order valence-electron chi connectivity index (χ4n) is 2.69. The molecule has 0 aliphatic heterocycles. The molecule has 0 aliphatic carbocycles. The summed E-state index contributed by atoms with van der Waals surface area (Å²) in [5.74, 6) is 0.766. The Morgan fingerprint density at radius 2 is 1.74 bits per heavy atom. The quantitative estimate of drug-likeness (QED) is 0.642. The second-order valence-corrected chi connectivity index (χ2v) is 6.29. The molecule has 6 nitrogen and oxygen atoms in total. The van der Waals surface area contributed by atoms with Gasteiger partial charge in [-0.25, -0.2) is 9.78 Å². The number of benzene rings is 2. The van der Waals surface area contributed by atoms with Gasteiger partial charge in [-0.05, 0) is 56.2 Å². The molecule has 2 N–H and O–H groups in total. The summed E-state index contributed by atoms with van der Waals surface area (Å²) < 4.78 is 4.76. The number of nitrogens with zero attached hydrogens (tertiary/aromatic N) is 2. The van der Waals surface area contributed by atoms with Crippen LogP contribution in [0, 0.1) is 20.8 Å². The number of carbonyl (C=O) groups is 1. The normalized spacial score (nSPS) is 10.4. The number of nitrogens with one attached hydrogen (secondary N) is 2. The lowest BCUT2D eigenvalue weighted by Gasteiger charge is -2.13. The van der Waals surface area contributed by atoms with E-state index in [1.165, 1.54) is 12.7 Å². The molecule has 0 unspecified atom stereocenters. The van der Waals surface area contributed by atoms with Crippen LogP contribution in [0.4, 0.5) is 23.1 Å². The molecule has 27 heavy (non-hydrogen) atoms. The summed E-state index contributed by atoms with van der Waals surface area (Å²) in [6.07, 6.45) is 0. The molecule has 2 aromatic carbocycles. The van der Waals surface area contributed by atoms with Crippen molar-refractivity contribution in [2.45, 2.75) is 20.8 Å². The Hall–Kier alpha value is -3.41. The molecule has 0 bridgehead atoms. The molecule has 3 aromatic rings. The summed E-state index contributed by atoms with van der Waals surface area (Å²) in [6.45, 7) is 6.04.